The van der Waals surface area contributed by atoms with Crippen LogP contribution in [-0.4, -0.2) is 31.1 Å². The summed E-state index contributed by atoms with van der Waals surface area (Å²) in [6.45, 7) is 10.3. The maximum atomic E-state index is 15.1. The van der Waals surface area contributed by atoms with E-state index in [1.807, 2.05) is 18.7 Å². The first-order valence-corrected chi connectivity index (χ1v) is 10.8. The molecule has 2 aromatic carbocycles. The number of anilines is 2. The van der Waals surface area contributed by atoms with Gasteiger partial charge in [-0.1, -0.05) is 18.7 Å². The van der Waals surface area contributed by atoms with Crippen LogP contribution in [0.2, 0.25) is 0 Å². The van der Waals surface area contributed by atoms with Gasteiger partial charge in [0.25, 0.3) is 5.91 Å². The van der Waals surface area contributed by atoms with Crippen LogP contribution in [0.15, 0.2) is 49.1 Å². The molecular weight excluding hydrogens is 453 g/mol. The van der Waals surface area contributed by atoms with Crippen LogP contribution in [0.4, 0.5) is 33.3 Å². The predicted molar refractivity (Wildman–Crippen MR) is 124 cm³/mol. The first kappa shape index (κ1) is 25.4. The molecule has 0 aromatic heterocycles. The van der Waals surface area contributed by atoms with Crippen LogP contribution in [0.3, 0.4) is 0 Å². The number of hydrogen-bond donors (Lipinski definition) is 2. The largest absolute Gasteiger partial charge is 0.416 e. The van der Waals surface area contributed by atoms with Gasteiger partial charge >= 0.3 is 6.18 Å². The molecule has 1 heterocycles. The fraction of sp³-hybridized carbons (Fsp3) is 0.320. The molecule has 9 heteroatoms. The van der Waals surface area contributed by atoms with Crippen molar-refractivity contribution in [2.75, 3.05) is 23.3 Å². The number of rotatable bonds is 5. The molecule has 1 amide bonds. The van der Waals surface area contributed by atoms with E-state index in [1.165, 1.54) is 18.2 Å². The molecule has 2 atom stereocenters. The molecular formula is C25H26F5N3O. The lowest BCUT2D eigenvalue weighted by Gasteiger charge is -2.38. The highest BCUT2D eigenvalue weighted by Crippen LogP contribution is 2.35. The van der Waals surface area contributed by atoms with Crippen LogP contribution < -0.4 is 15.5 Å². The summed E-state index contributed by atoms with van der Waals surface area (Å²) in [6.07, 6.45) is -1.71. The van der Waals surface area contributed by atoms with E-state index in [0.29, 0.717) is 36.5 Å². The molecule has 2 aromatic rings. The minimum absolute atomic E-state index is 0.0758. The van der Waals surface area contributed by atoms with E-state index in [4.69, 9.17) is 0 Å². The zero-order chi connectivity index (χ0) is 25.2. The Balaban J connectivity index is 2.08. The van der Waals surface area contributed by atoms with Crippen molar-refractivity contribution in [3.8, 4) is 0 Å². The molecule has 0 spiro atoms. The molecule has 2 N–H and O–H groups in total. The van der Waals surface area contributed by atoms with E-state index in [2.05, 4.69) is 17.2 Å². The molecule has 0 bridgehead atoms. The molecule has 1 aliphatic heterocycles. The zero-order valence-electron chi connectivity index (χ0n) is 19.1. The van der Waals surface area contributed by atoms with Gasteiger partial charge in [0.1, 0.15) is 11.6 Å². The van der Waals surface area contributed by atoms with Crippen molar-refractivity contribution in [2.45, 2.75) is 39.0 Å². The number of alkyl halides is 3. The topological polar surface area (TPSA) is 44.4 Å². The molecule has 34 heavy (non-hydrogen) atoms. The number of carbonyl (C=O) groups is 1. The van der Waals surface area contributed by atoms with Gasteiger partial charge in [0, 0.05) is 36.3 Å². The molecule has 0 radical (unpaired) electrons. The van der Waals surface area contributed by atoms with Gasteiger partial charge in [-0.05, 0) is 56.7 Å². The average molecular weight is 479 g/mol. The monoisotopic (exact) mass is 479 g/mol. The number of piperazine rings is 1. The van der Waals surface area contributed by atoms with Crippen LogP contribution in [0.1, 0.15) is 42.3 Å². The highest BCUT2D eigenvalue weighted by Gasteiger charge is 2.32. The molecule has 0 aliphatic carbocycles. The molecule has 182 valence electrons. The molecule has 1 aliphatic rings. The third kappa shape index (κ3) is 5.64. The Morgan fingerprint density at radius 2 is 1.76 bits per heavy atom. The van der Waals surface area contributed by atoms with Crippen LogP contribution in [-0.2, 0) is 6.18 Å². The van der Waals surface area contributed by atoms with Crippen molar-refractivity contribution < 1.29 is 26.7 Å². The standard InChI is InChI=1S/C25H26F5N3O/c1-5-16(6-2)20-10-22(23(11-21(20)27)33-12-14(3)31-15(4)13-33)32-24(34)17-7-18(25(28,29)30)9-19(26)8-17/h5-11,14-15,31H,1,12-13H2,2-4H3,(H,32,34)/b16-6+/t14-,15+. The van der Waals surface area contributed by atoms with Crippen LogP contribution in [0.25, 0.3) is 5.57 Å². The molecule has 0 saturated carbocycles. The maximum Gasteiger partial charge on any atom is 0.416 e. The van der Waals surface area contributed by atoms with Crippen LogP contribution in [0, 0.1) is 11.6 Å². The lowest BCUT2D eigenvalue weighted by atomic mass is 10.0. The highest BCUT2D eigenvalue weighted by atomic mass is 19.4. The second-order valence-electron chi connectivity index (χ2n) is 8.35. The van der Waals surface area contributed by atoms with Gasteiger partial charge < -0.3 is 15.5 Å². The summed E-state index contributed by atoms with van der Waals surface area (Å²) in [5, 5.41) is 5.93. The fourth-order valence-electron chi connectivity index (χ4n) is 4.13. The van der Waals surface area contributed by atoms with Crippen molar-refractivity contribution in [1.82, 2.24) is 5.32 Å². The second kappa shape index (κ2) is 9.97. The number of nitrogens with zero attached hydrogens (tertiary/aromatic N) is 1. The predicted octanol–water partition coefficient (Wildman–Crippen LogP) is 6.01. The summed E-state index contributed by atoms with van der Waals surface area (Å²) in [5.41, 5.74) is -0.551. The number of allylic oxidation sites excluding steroid dienone is 3. The van der Waals surface area contributed by atoms with Gasteiger partial charge in [-0.15, -0.1) is 0 Å². The van der Waals surface area contributed by atoms with Crippen molar-refractivity contribution in [3.63, 3.8) is 0 Å². The van der Waals surface area contributed by atoms with Crippen LogP contribution >= 0.6 is 0 Å². The van der Waals surface area contributed by atoms with E-state index in [9.17, 15) is 22.4 Å². The number of amides is 1. The van der Waals surface area contributed by atoms with Gasteiger partial charge in [-0.2, -0.15) is 13.2 Å². The van der Waals surface area contributed by atoms with Gasteiger partial charge in [-0.25, -0.2) is 8.78 Å². The lowest BCUT2D eigenvalue weighted by Crippen LogP contribution is -2.54. The minimum Gasteiger partial charge on any atom is -0.367 e. The number of hydrogen-bond acceptors (Lipinski definition) is 3. The smallest absolute Gasteiger partial charge is 0.367 e. The molecule has 1 saturated heterocycles. The van der Waals surface area contributed by atoms with Gasteiger partial charge in [0.05, 0.1) is 16.9 Å². The Kier molecular flexibility index (Phi) is 7.45. The quantitative estimate of drug-likeness (QED) is 0.408. The Hall–Kier alpha value is -3.20. The van der Waals surface area contributed by atoms with E-state index in [0.717, 1.165) is 6.07 Å². The highest BCUT2D eigenvalue weighted by molar-refractivity contribution is 6.06. The van der Waals surface area contributed by atoms with Crippen molar-refractivity contribution in [3.05, 3.63) is 77.4 Å². The SMILES string of the molecule is C=C/C(=C\C)c1cc(NC(=O)c2cc(F)cc(C(F)(F)F)c2)c(N2C[C@@H](C)N[C@@H](C)C2)cc1F. The summed E-state index contributed by atoms with van der Waals surface area (Å²) in [5.74, 6) is -2.67. The average Bonchev–Trinajstić information content (AvgIpc) is 2.74. The number of nitrogens with one attached hydrogen (secondary N) is 2. The van der Waals surface area contributed by atoms with Crippen molar-refractivity contribution in [1.29, 1.82) is 0 Å². The third-order valence-electron chi connectivity index (χ3n) is 5.56. The van der Waals surface area contributed by atoms with E-state index in [1.54, 1.807) is 13.0 Å². The maximum absolute atomic E-state index is 15.1. The summed E-state index contributed by atoms with van der Waals surface area (Å²) >= 11 is 0. The van der Waals surface area contributed by atoms with Crippen molar-refractivity contribution in [2.24, 2.45) is 0 Å². The van der Waals surface area contributed by atoms with Gasteiger partial charge in [0.15, 0.2) is 0 Å². The minimum atomic E-state index is -4.82. The Bertz CT molecular complexity index is 1120. The lowest BCUT2D eigenvalue weighted by molar-refractivity contribution is -0.137. The van der Waals surface area contributed by atoms with E-state index >= 15 is 4.39 Å². The first-order chi connectivity index (χ1) is 15.9. The Labute approximate surface area is 195 Å². The number of benzene rings is 2. The summed E-state index contributed by atoms with van der Waals surface area (Å²) in [4.78, 5) is 14.8. The Morgan fingerprint density at radius 3 is 2.32 bits per heavy atom. The molecule has 4 nitrogen and oxygen atoms in total. The summed E-state index contributed by atoms with van der Waals surface area (Å²) in [7, 11) is 0. The zero-order valence-corrected chi connectivity index (χ0v) is 19.1. The fourth-order valence-corrected chi connectivity index (χ4v) is 4.13. The molecule has 3 rings (SSSR count). The Morgan fingerprint density at radius 1 is 1.12 bits per heavy atom. The number of carbonyl (C=O) groups excluding carboxylic acids is 1. The second-order valence-corrected chi connectivity index (χ2v) is 8.35. The number of halogens is 5. The normalized spacial score (nSPS) is 19.2. The summed E-state index contributed by atoms with van der Waals surface area (Å²) in [6, 6.07) is 4.49. The van der Waals surface area contributed by atoms with E-state index in [-0.39, 0.29) is 23.3 Å². The molecule has 0 unspecified atom stereocenters. The van der Waals surface area contributed by atoms with E-state index < -0.39 is 34.8 Å². The van der Waals surface area contributed by atoms with Gasteiger partial charge in [-0.3, -0.25) is 4.79 Å². The van der Waals surface area contributed by atoms with Crippen molar-refractivity contribution >= 4 is 22.9 Å². The first-order valence-electron chi connectivity index (χ1n) is 10.8. The van der Waals surface area contributed by atoms with Gasteiger partial charge in [0.2, 0.25) is 0 Å². The third-order valence-corrected chi connectivity index (χ3v) is 5.56. The molecule has 1 fully saturated rings. The summed E-state index contributed by atoms with van der Waals surface area (Å²) < 4.78 is 68.3. The van der Waals surface area contributed by atoms with Crippen LogP contribution in [0.5, 0.6) is 0 Å².